The normalized spacial score (nSPS) is 50.5. The summed E-state index contributed by atoms with van der Waals surface area (Å²) in [5.41, 5.74) is -0.995. The molecule has 0 radical (unpaired) electrons. The van der Waals surface area contributed by atoms with Crippen LogP contribution in [-0.2, 0) is 9.59 Å². The van der Waals surface area contributed by atoms with E-state index in [1.807, 2.05) is 0 Å². The Morgan fingerprint density at radius 1 is 1.14 bits per heavy atom. The van der Waals surface area contributed by atoms with Gasteiger partial charge in [-0.25, -0.2) is 4.79 Å². The molecular formula is C17H25NO3. The van der Waals surface area contributed by atoms with Gasteiger partial charge in [0.15, 0.2) is 0 Å². The lowest BCUT2D eigenvalue weighted by atomic mass is 9.76. The molecule has 4 nitrogen and oxygen atoms in total. The first-order chi connectivity index (χ1) is 10.0. The first-order valence-corrected chi connectivity index (χ1v) is 8.57. The summed E-state index contributed by atoms with van der Waals surface area (Å²) in [7, 11) is 0. The zero-order valence-electron chi connectivity index (χ0n) is 12.7. The summed E-state index contributed by atoms with van der Waals surface area (Å²) in [5, 5.41) is 12.6. The van der Waals surface area contributed by atoms with Crippen LogP contribution in [0.2, 0.25) is 0 Å². The van der Waals surface area contributed by atoms with Gasteiger partial charge in [0.25, 0.3) is 0 Å². The Morgan fingerprint density at radius 3 is 2.38 bits per heavy atom. The molecule has 116 valence electrons. The van der Waals surface area contributed by atoms with Crippen LogP contribution in [0, 0.1) is 35.5 Å². The number of hydrogen-bond donors (Lipinski definition) is 2. The van der Waals surface area contributed by atoms with E-state index < -0.39 is 11.5 Å². The van der Waals surface area contributed by atoms with Crippen molar-refractivity contribution < 1.29 is 14.7 Å². The molecule has 0 aromatic heterocycles. The number of hydrogen-bond acceptors (Lipinski definition) is 2. The Bertz CT molecular complexity index is 474. The summed E-state index contributed by atoms with van der Waals surface area (Å²) >= 11 is 0. The van der Waals surface area contributed by atoms with Crippen LogP contribution in [0.3, 0.4) is 0 Å². The van der Waals surface area contributed by atoms with Gasteiger partial charge in [-0.05, 0) is 61.7 Å². The minimum absolute atomic E-state index is 0.0399. The Balaban J connectivity index is 1.47. The molecule has 0 saturated heterocycles. The summed E-state index contributed by atoms with van der Waals surface area (Å²) < 4.78 is 0. The highest BCUT2D eigenvalue weighted by Gasteiger charge is 2.68. The summed E-state index contributed by atoms with van der Waals surface area (Å²) in [5.74, 6) is 2.37. The van der Waals surface area contributed by atoms with Crippen molar-refractivity contribution in [2.45, 2.75) is 57.4 Å². The van der Waals surface area contributed by atoms with Gasteiger partial charge in [0.05, 0.1) is 0 Å². The maximum absolute atomic E-state index is 12.6. The van der Waals surface area contributed by atoms with Crippen LogP contribution < -0.4 is 5.32 Å². The van der Waals surface area contributed by atoms with Gasteiger partial charge in [-0.1, -0.05) is 19.8 Å². The van der Waals surface area contributed by atoms with E-state index in [0.29, 0.717) is 30.6 Å². The molecule has 21 heavy (non-hydrogen) atoms. The first kappa shape index (κ1) is 13.6. The Morgan fingerprint density at radius 2 is 1.81 bits per heavy atom. The number of aliphatic carboxylic acids is 1. The molecule has 0 aromatic carbocycles. The highest BCUT2D eigenvalue weighted by Crippen LogP contribution is 2.69. The topological polar surface area (TPSA) is 66.4 Å². The average molecular weight is 291 g/mol. The van der Waals surface area contributed by atoms with Gasteiger partial charge in [-0.2, -0.15) is 0 Å². The van der Waals surface area contributed by atoms with Crippen molar-refractivity contribution in [2.75, 3.05) is 0 Å². The van der Waals surface area contributed by atoms with E-state index in [2.05, 4.69) is 12.2 Å². The molecule has 4 heteroatoms. The van der Waals surface area contributed by atoms with Crippen LogP contribution in [0.1, 0.15) is 51.9 Å². The highest BCUT2D eigenvalue weighted by atomic mass is 16.4. The lowest BCUT2D eigenvalue weighted by molar-refractivity contribution is -0.150. The number of carboxylic acid groups (broad SMARTS) is 1. The zero-order valence-corrected chi connectivity index (χ0v) is 12.7. The van der Waals surface area contributed by atoms with Gasteiger partial charge < -0.3 is 10.4 Å². The van der Waals surface area contributed by atoms with E-state index >= 15 is 0 Å². The number of carboxylic acids is 1. The Hall–Kier alpha value is -1.06. The van der Waals surface area contributed by atoms with E-state index in [1.165, 1.54) is 19.3 Å². The van der Waals surface area contributed by atoms with Gasteiger partial charge in [0, 0.05) is 5.92 Å². The quantitative estimate of drug-likeness (QED) is 0.839. The summed E-state index contributed by atoms with van der Waals surface area (Å²) in [6.45, 7) is 2.09. The van der Waals surface area contributed by atoms with E-state index in [1.54, 1.807) is 0 Å². The van der Waals surface area contributed by atoms with Crippen LogP contribution in [0.25, 0.3) is 0 Å². The van der Waals surface area contributed by atoms with Gasteiger partial charge in [0.2, 0.25) is 5.91 Å². The van der Waals surface area contributed by atoms with Crippen LogP contribution in [0.4, 0.5) is 0 Å². The number of carbonyl (C=O) groups excluding carboxylic acids is 1. The van der Waals surface area contributed by atoms with Crippen LogP contribution in [0.15, 0.2) is 0 Å². The molecule has 4 aliphatic rings. The second kappa shape index (κ2) is 4.47. The van der Waals surface area contributed by atoms with Crippen molar-refractivity contribution in [1.29, 1.82) is 0 Å². The van der Waals surface area contributed by atoms with E-state index in [9.17, 15) is 14.7 Å². The molecule has 1 amide bonds. The number of fused-ring (bicyclic) bond motifs is 5. The molecule has 2 bridgehead atoms. The molecule has 4 fully saturated rings. The maximum atomic E-state index is 12.6. The summed E-state index contributed by atoms with van der Waals surface area (Å²) in [4.78, 5) is 24.4. The summed E-state index contributed by atoms with van der Waals surface area (Å²) in [6, 6.07) is 0. The fraction of sp³-hybridized carbons (Fsp3) is 0.882. The predicted molar refractivity (Wildman–Crippen MR) is 77.4 cm³/mol. The molecule has 0 aromatic rings. The number of amides is 1. The molecule has 0 heterocycles. The van der Waals surface area contributed by atoms with Gasteiger partial charge >= 0.3 is 5.97 Å². The molecule has 0 spiro atoms. The smallest absolute Gasteiger partial charge is 0.329 e. The molecule has 4 saturated carbocycles. The molecule has 0 aliphatic heterocycles. The van der Waals surface area contributed by atoms with Crippen molar-refractivity contribution in [3.8, 4) is 0 Å². The molecule has 2 N–H and O–H groups in total. The molecule has 6 unspecified atom stereocenters. The molecule has 6 atom stereocenters. The lowest BCUT2D eigenvalue weighted by Crippen LogP contribution is -2.57. The fourth-order valence-corrected chi connectivity index (χ4v) is 5.91. The third-order valence-corrected chi connectivity index (χ3v) is 6.81. The van der Waals surface area contributed by atoms with Crippen LogP contribution >= 0.6 is 0 Å². The third-order valence-electron chi connectivity index (χ3n) is 6.81. The fourth-order valence-electron chi connectivity index (χ4n) is 5.91. The second-order valence-electron chi connectivity index (χ2n) is 8.09. The van der Waals surface area contributed by atoms with Crippen molar-refractivity contribution in [3.63, 3.8) is 0 Å². The predicted octanol–water partition coefficient (Wildman–Crippen LogP) is 2.43. The van der Waals surface area contributed by atoms with Crippen LogP contribution in [0.5, 0.6) is 0 Å². The molecular weight excluding hydrogens is 266 g/mol. The molecule has 4 rings (SSSR count). The van der Waals surface area contributed by atoms with E-state index in [0.717, 1.165) is 24.7 Å². The van der Waals surface area contributed by atoms with Crippen LogP contribution in [-0.4, -0.2) is 22.5 Å². The summed E-state index contributed by atoms with van der Waals surface area (Å²) in [6.07, 6.45) is 7.05. The molecule has 4 aliphatic carbocycles. The highest BCUT2D eigenvalue weighted by molar-refractivity contribution is 5.90. The van der Waals surface area contributed by atoms with E-state index in [-0.39, 0.29) is 11.8 Å². The minimum atomic E-state index is -0.995. The Labute approximate surface area is 125 Å². The number of nitrogens with one attached hydrogen (secondary N) is 1. The van der Waals surface area contributed by atoms with Crippen molar-refractivity contribution in [2.24, 2.45) is 35.5 Å². The monoisotopic (exact) mass is 291 g/mol. The van der Waals surface area contributed by atoms with Gasteiger partial charge in [-0.3, -0.25) is 4.79 Å². The van der Waals surface area contributed by atoms with E-state index in [4.69, 9.17) is 0 Å². The third kappa shape index (κ3) is 1.94. The standard InChI is InChI=1S/C17H25NO3/c1-9-3-2-6-17(8-9,16(20)21)18-15(19)14-12-10-4-5-11(7-10)13(12)14/h9-14H,2-8H2,1H3,(H,18,19)(H,20,21). The second-order valence-corrected chi connectivity index (χ2v) is 8.09. The van der Waals surface area contributed by atoms with Crippen molar-refractivity contribution in [1.82, 2.24) is 5.32 Å². The Kier molecular flexibility index (Phi) is 2.89. The maximum Gasteiger partial charge on any atom is 0.329 e. The zero-order chi connectivity index (χ0) is 14.8. The van der Waals surface area contributed by atoms with Crippen molar-refractivity contribution >= 4 is 11.9 Å². The SMILES string of the molecule is CC1CCCC(NC(=O)C2C3C4CCC(C4)C23)(C(=O)O)C1. The first-order valence-electron chi connectivity index (χ1n) is 8.57. The number of carbonyl (C=O) groups is 2. The largest absolute Gasteiger partial charge is 0.480 e. The lowest BCUT2D eigenvalue weighted by Gasteiger charge is -2.37. The minimum Gasteiger partial charge on any atom is -0.480 e. The van der Waals surface area contributed by atoms with Gasteiger partial charge in [0.1, 0.15) is 5.54 Å². The van der Waals surface area contributed by atoms with Crippen molar-refractivity contribution in [3.05, 3.63) is 0 Å². The van der Waals surface area contributed by atoms with Gasteiger partial charge in [-0.15, -0.1) is 0 Å². The number of rotatable bonds is 3. The average Bonchev–Trinajstić information content (AvgIpc) is 2.88.